The van der Waals surface area contributed by atoms with Gasteiger partial charge in [-0.1, -0.05) is 30.3 Å². The molecule has 0 atom stereocenters. The third-order valence-electron chi connectivity index (χ3n) is 6.91. The Hall–Kier alpha value is -3.98. The molecule has 3 heterocycles. The molecule has 1 aliphatic rings. The molecule has 0 bridgehead atoms. The van der Waals surface area contributed by atoms with Crippen molar-refractivity contribution >= 4 is 27.5 Å². The fourth-order valence-corrected chi connectivity index (χ4v) is 5.10. The minimum Gasteiger partial charge on any atom is -0.393 e. The highest BCUT2D eigenvalue weighted by atomic mass is 19.4. The second kappa shape index (κ2) is 9.15. The number of fused-ring (bicyclic) bond motifs is 2. The van der Waals surface area contributed by atoms with Crippen LogP contribution < -0.4 is 5.32 Å². The summed E-state index contributed by atoms with van der Waals surface area (Å²) < 4.78 is 44.1. The van der Waals surface area contributed by atoms with Gasteiger partial charge in [0, 0.05) is 28.6 Å². The molecule has 6 rings (SSSR count). The normalized spacial score (nSPS) is 18.4. The molecule has 3 aromatic heterocycles. The molecule has 0 saturated heterocycles. The predicted molar refractivity (Wildman–Crippen MR) is 136 cm³/mol. The molecule has 1 fully saturated rings. The number of aliphatic hydroxyl groups is 1. The van der Waals surface area contributed by atoms with E-state index in [1.54, 1.807) is 36.7 Å². The van der Waals surface area contributed by atoms with Crippen LogP contribution in [0.3, 0.4) is 0 Å². The second-order valence-corrected chi connectivity index (χ2v) is 9.46. The monoisotopic (exact) mass is 503 g/mol. The molecule has 9 heteroatoms. The third kappa shape index (κ3) is 4.51. The molecule has 0 spiro atoms. The standard InChI is InChI=1S/C28H24F3N5O/c29-28(30,31)27-26-23(18-12-17-4-1-2-6-24(17)33-14-18)5-3-7-25(26)36(35-27)21-13-20(15-32-16-21)34-19-8-10-22(37)11-9-19/h1-7,12-16,19,22,34,37H,8-11H2. The van der Waals surface area contributed by atoms with E-state index < -0.39 is 11.9 Å². The quantitative estimate of drug-likeness (QED) is 0.298. The van der Waals surface area contributed by atoms with Crippen LogP contribution in [-0.4, -0.2) is 37.0 Å². The van der Waals surface area contributed by atoms with Crippen LogP contribution in [-0.2, 0) is 6.18 Å². The molecular formula is C28H24F3N5O. The molecule has 0 radical (unpaired) electrons. The van der Waals surface area contributed by atoms with E-state index >= 15 is 0 Å². The second-order valence-electron chi connectivity index (χ2n) is 9.46. The first-order valence-electron chi connectivity index (χ1n) is 12.2. The van der Waals surface area contributed by atoms with Crippen LogP contribution in [0.2, 0.25) is 0 Å². The van der Waals surface area contributed by atoms with Crippen molar-refractivity contribution in [2.75, 3.05) is 5.32 Å². The Morgan fingerprint density at radius 1 is 0.919 bits per heavy atom. The van der Waals surface area contributed by atoms with Crippen LogP contribution in [0.1, 0.15) is 31.4 Å². The number of benzene rings is 2. The summed E-state index contributed by atoms with van der Waals surface area (Å²) in [5, 5.41) is 18.1. The Morgan fingerprint density at radius 3 is 2.54 bits per heavy atom. The van der Waals surface area contributed by atoms with E-state index in [2.05, 4.69) is 20.4 Å². The van der Waals surface area contributed by atoms with Gasteiger partial charge in [0.25, 0.3) is 0 Å². The van der Waals surface area contributed by atoms with E-state index in [1.165, 1.54) is 10.9 Å². The largest absolute Gasteiger partial charge is 0.435 e. The van der Waals surface area contributed by atoms with Gasteiger partial charge in [-0.3, -0.25) is 9.97 Å². The maximum absolute atomic E-state index is 14.3. The Kier molecular flexibility index (Phi) is 5.79. The van der Waals surface area contributed by atoms with Gasteiger partial charge >= 0.3 is 6.18 Å². The van der Waals surface area contributed by atoms with Gasteiger partial charge in [0.15, 0.2) is 5.69 Å². The first kappa shape index (κ1) is 23.4. The number of anilines is 1. The fourth-order valence-electron chi connectivity index (χ4n) is 5.10. The van der Waals surface area contributed by atoms with E-state index in [0.717, 1.165) is 36.6 Å². The SMILES string of the molecule is OC1CCC(Nc2cncc(-n3nc(C(F)(F)F)c4c(-c5cnc6ccccc6c5)cccc43)c2)CC1. The third-order valence-corrected chi connectivity index (χ3v) is 6.91. The zero-order chi connectivity index (χ0) is 25.6. The van der Waals surface area contributed by atoms with E-state index in [1.807, 2.05) is 30.3 Å². The molecule has 37 heavy (non-hydrogen) atoms. The van der Waals surface area contributed by atoms with Crippen LogP contribution in [0, 0.1) is 0 Å². The molecule has 0 aliphatic heterocycles. The number of aromatic nitrogens is 4. The van der Waals surface area contributed by atoms with Crippen molar-refractivity contribution in [3.05, 3.63) is 78.9 Å². The van der Waals surface area contributed by atoms with Crippen molar-refractivity contribution < 1.29 is 18.3 Å². The molecule has 0 amide bonds. The van der Waals surface area contributed by atoms with Crippen molar-refractivity contribution in [2.24, 2.45) is 0 Å². The molecule has 2 aromatic carbocycles. The van der Waals surface area contributed by atoms with Gasteiger partial charge < -0.3 is 10.4 Å². The number of nitrogens with zero attached hydrogens (tertiary/aromatic N) is 4. The van der Waals surface area contributed by atoms with Gasteiger partial charge in [-0.05, 0) is 55.5 Å². The number of nitrogens with one attached hydrogen (secondary N) is 1. The average molecular weight is 504 g/mol. The molecule has 6 nitrogen and oxygen atoms in total. The molecule has 1 aliphatic carbocycles. The van der Waals surface area contributed by atoms with Crippen molar-refractivity contribution in [3.63, 3.8) is 0 Å². The fraction of sp³-hybridized carbons (Fsp3) is 0.250. The molecular weight excluding hydrogens is 479 g/mol. The van der Waals surface area contributed by atoms with Gasteiger partial charge in [0.1, 0.15) is 0 Å². The first-order chi connectivity index (χ1) is 17.9. The Balaban J connectivity index is 1.46. The van der Waals surface area contributed by atoms with E-state index in [9.17, 15) is 18.3 Å². The summed E-state index contributed by atoms with van der Waals surface area (Å²) >= 11 is 0. The molecule has 2 N–H and O–H groups in total. The Labute approximate surface area is 210 Å². The van der Waals surface area contributed by atoms with Crippen molar-refractivity contribution in [1.29, 1.82) is 0 Å². The predicted octanol–water partition coefficient (Wildman–Crippen LogP) is 6.37. The molecule has 5 aromatic rings. The number of rotatable bonds is 4. The lowest BCUT2D eigenvalue weighted by Gasteiger charge is -2.27. The maximum atomic E-state index is 14.3. The molecule has 0 unspecified atom stereocenters. The molecule has 1 saturated carbocycles. The number of para-hydroxylation sites is 1. The Morgan fingerprint density at radius 2 is 1.73 bits per heavy atom. The Bertz CT molecular complexity index is 1590. The number of alkyl halides is 3. The highest BCUT2D eigenvalue weighted by molar-refractivity contribution is 5.99. The van der Waals surface area contributed by atoms with Gasteiger partial charge in [-0.15, -0.1) is 0 Å². The minimum absolute atomic E-state index is 0.0201. The summed E-state index contributed by atoms with van der Waals surface area (Å²) in [4.78, 5) is 8.72. The summed E-state index contributed by atoms with van der Waals surface area (Å²) in [5.74, 6) is 0. The van der Waals surface area contributed by atoms with Crippen LogP contribution in [0.25, 0.3) is 38.6 Å². The van der Waals surface area contributed by atoms with E-state index in [4.69, 9.17) is 0 Å². The highest BCUT2D eigenvalue weighted by Gasteiger charge is 2.38. The first-order valence-corrected chi connectivity index (χ1v) is 12.2. The van der Waals surface area contributed by atoms with Crippen molar-refractivity contribution in [2.45, 2.75) is 44.0 Å². The minimum atomic E-state index is -4.66. The average Bonchev–Trinajstić information content (AvgIpc) is 3.31. The zero-order valence-corrected chi connectivity index (χ0v) is 19.8. The highest BCUT2D eigenvalue weighted by Crippen LogP contribution is 2.40. The summed E-state index contributed by atoms with van der Waals surface area (Å²) in [6.07, 6.45) is 2.90. The lowest BCUT2D eigenvalue weighted by atomic mass is 9.93. The van der Waals surface area contributed by atoms with Crippen LogP contribution in [0.5, 0.6) is 0 Å². The zero-order valence-electron chi connectivity index (χ0n) is 19.8. The number of halogens is 3. The number of hydrogen-bond acceptors (Lipinski definition) is 5. The van der Waals surface area contributed by atoms with Gasteiger partial charge in [0.05, 0.1) is 40.9 Å². The van der Waals surface area contributed by atoms with Gasteiger partial charge in [-0.2, -0.15) is 18.3 Å². The summed E-state index contributed by atoms with van der Waals surface area (Å²) in [6.45, 7) is 0. The number of aliphatic hydroxyl groups excluding tert-OH is 1. The van der Waals surface area contributed by atoms with Gasteiger partial charge in [-0.25, -0.2) is 4.68 Å². The van der Waals surface area contributed by atoms with E-state index in [-0.39, 0.29) is 17.5 Å². The summed E-state index contributed by atoms with van der Waals surface area (Å²) in [5.41, 5.74) is 2.28. The van der Waals surface area contributed by atoms with Crippen molar-refractivity contribution in [1.82, 2.24) is 19.7 Å². The summed E-state index contributed by atoms with van der Waals surface area (Å²) in [6, 6.07) is 16.3. The topological polar surface area (TPSA) is 75.9 Å². The lowest BCUT2D eigenvalue weighted by Crippen LogP contribution is -2.28. The smallest absolute Gasteiger partial charge is 0.393 e. The lowest BCUT2D eigenvalue weighted by molar-refractivity contribution is -0.140. The van der Waals surface area contributed by atoms with Crippen LogP contribution in [0.15, 0.2) is 73.2 Å². The number of hydrogen-bond donors (Lipinski definition) is 2. The van der Waals surface area contributed by atoms with Crippen LogP contribution in [0.4, 0.5) is 18.9 Å². The van der Waals surface area contributed by atoms with Gasteiger partial charge in [0.2, 0.25) is 0 Å². The molecule has 188 valence electrons. The number of pyridine rings is 2. The maximum Gasteiger partial charge on any atom is 0.435 e. The van der Waals surface area contributed by atoms with Crippen LogP contribution >= 0.6 is 0 Å². The summed E-state index contributed by atoms with van der Waals surface area (Å²) in [7, 11) is 0. The van der Waals surface area contributed by atoms with Crippen molar-refractivity contribution in [3.8, 4) is 16.8 Å². The van der Waals surface area contributed by atoms with E-state index in [0.29, 0.717) is 28.0 Å².